The highest BCUT2D eigenvalue weighted by molar-refractivity contribution is 14.0. The standard InChI is InChI=1S/C13H28N4O2S2.HI/c1-4-14-13(15-8-9-16-21(3,18)19)17-11-6-5-7-12(10-11)20-2;/h11-12,16H,4-10H2,1-3H3,(H2,14,15,17);1H. The Morgan fingerprint density at radius 1 is 1.36 bits per heavy atom. The second kappa shape index (κ2) is 11.7. The van der Waals surface area contributed by atoms with E-state index in [-0.39, 0.29) is 24.0 Å². The molecule has 0 aromatic carbocycles. The van der Waals surface area contributed by atoms with Crippen LogP contribution in [0.15, 0.2) is 4.99 Å². The van der Waals surface area contributed by atoms with Crippen LogP contribution in [-0.4, -0.2) is 57.8 Å². The largest absolute Gasteiger partial charge is 0.357 e. The first-order valence-corrected chi connectivity index (χ1v) is 10.6. The topological polar surface area (TPSA) is 82.6 Å². The summed E-state index contributed by atoms with van der Waals surface area (Å²) in [6.07, 6.45) is 8.20. The molecule has 132 valence electrons. The van der Waals surface area contributed by atoms with Gasteiger partial charge in [0.25, 0.3) is 0 Å². The number of nitrogens with zero attached hydrogens (tertiary/aromatic N) is 1. The Hall–Kier alpha value is 0.260. The summed E-state index contributed by atoms with van der Waals surface area (Å²) >= 11 is 1.94. The summed E-state index contributed by atoms with van der Waals surface area (Å²) < 4.78 is 24.4. The van der Waals surface area contributed by atoms with Gasteiger partial charge in [-0.05, 0) is 32.4 Å². The molecule has 0 aromatic heterocycles. The molecule has 0 aliphatic heterocycles. The van der Waals surface area contributed by atoms with Crippen molar-refractivity contribution in [2.45, 2.75) is 43.9 Å². The van der Waals surface area contributed by atoms with E-state index in [1.165, 1.54) is 19.3 Å². The molecular weight excluding hydrogens is 435 g/mol. The predicted molar refractivity (Wildman–Crippen MR) is 107 cm³/mol. The molecule has 0 saturated heterocycles. The highest BCUT2D eigenvalue weighted by atomic mass is 127. The van der Waals surface area contributed by atoms with Gasteiger partial charge < -0.3 is 10.6 Å². The Labute approximate surface area is 156 Å². The Balaban J connectivity index is 0.00000441. The lowest BCUT2D eigenvalue weighted by Crippen LogP contribution is -2.46. The zero-order valence-electron chi connectivity index (χ0n) is 13.6. The number of sulfonamides is 1. The molecule has 2 atom stereocenters. The average Bonchev–Trinajstić information content (AvgIpc) is 2.43. The Morgan fingerprint density at radius 2 is 2.09 bits per heavy atom. The number of nitrogens with one attached hydrogen (secondary N) is 3. The van der Waals surface area contributed by atoms with E-state index in [9.17, 15) is 8.42 Å². The van der Waals surface area contributed by atoms with Crippen molar-refractivity contribution in [2.24, 2.45) is 4.99 Å². The van der Waals surface area contributed by atoms with Crippen LogP contribution in [0.25, 0.3) is 0 Å². The third-order valence-corrected chi connectivity index (χ3v) is 5.21. The van der Waals surface area contributed by atoms with Crippen LogP contribution in [0, 0.1) is 0 Å². The van der Waals surface area contributed by atoms with Crippen LogP contribution in [0.4, 0.5) is 0 Å². The summed E-state index contributed by atoms with van der Waals surface area (Å²) in [6, 6.07) is 0.455. The number of rotatable bonds is 7. The first-order valence-electron chi connectivity index (χ1n) is 7.47. The predicted octanol–water partition coefficient (Wildman–Crippen LogP) is 1.38. The summed E-state index contributed by atoms with van der Waals surface area (Å²) in [5.41, 5.74) is 0. The minimum atomic E-state index is -3.14. The van der Waals surface area contributed by atoms with E-state index in [1.807, 2.05) is 18.7 Å². The molecule has 0 radical (unpaired) electrons. The summed E-state index contributed by atoms with van der Waals surface area (Å²) in [7, 11) is -3.14. The van der Waals surface area contributed by atoms with Gasteiger partial charge >= 0.3 is 0 Å². The van der Waals surface area contributed by atoms with E-state index in [2.05, 4.69) is 26.6 Å². The minimum absolute atomic E-state index is 0. The van der Waals surface area contributed by atoms with E-state index < -0.39 is 10.0 Å². The number of thioether (sulfide) groups is 1. The summed E-state index contributed by atoms with van der Waals surface area (Å²) in [5.74, 6) is 0.777. The highest BCUT2D eigenvalue weighted by Crippen LogP contribution is 2.26. The molecule has 1 fully saturated rings. The number of hydrogen-bond acceptors (Lipinski definition) is 4. The lowest BCUT2D eigenvalue weighted by molar-refractivity contribution is 0.419. The Kier molecular flexibility index (Phi) is 11.9. The maximum atomic E-state index is 11.0. The van der Waals surface area contributed by atoms with Gasteiger partial charge in [0.1, 0.15) is 0 Å². The fourth-order valence-electron chi connectivity index (χ4n) is 2.40. The van der Waals surface area contributed by atoms with Crippen molar-refractivity contribution < 1.29 is 8.42 Å². The monoisotopic (exact) mass is 464 g/mol. The number of halogens is 1. The summed E-state index contributed by atoms with van der Waals surface area (Å²) in [6.45, 7) is 3.58. The van der Waals surface area contributed by atoms with Crippen molar-refractivity contribution >= 4 is 51.7 Å². The van der Waals surface area contributed by atoms with Gasteiger partial charge in [-0.15, -0.1) is 24.0 Å². The molecule has 2 unspecified atom stereocenters. The minimum Gasteiger partial charge on any atom is -0.357 e. The van der Waals surface area contributed by atoms with Crippen LogP contribution in [0.2, 0.25) is 0 Å². The third-order valence-electron chi connectivity index (χ3n) is 3.39. The Bertz CT molecular complexity index is 432. The van der Waals surface area contributed by atoms with Gasteiger partial charge in [-0.1, -0.05) is 6.42 Å². The van der Waals surface area contributed by atoms with Crippen LogP contribution >= 0.6 is 35.7 Å². The van der Waals surface area contributed by atoms with Crippen molar-refractivity contribution in [1.82, 2.24) is 15.4 Å². The van der Waals surface area contributed by atoms with Crippen molar-refractivity contribution in [2.75, 3.05) is 32.1 Å². The molecule has 9 heteroatoms. The van der Waals surface area contributed by atoms with Crippen molar-refractivity contribution in [3.8, 4) is 0 Å². The molecule has 0 aromatic rings. The zero-order chi connectivity index (χ0) is 15.7. The number of aliphatic imine (C=N–C) groups is 1. The van der Waals surface area contributed by atoms with Crippen molar-refractivity contribution in [3.63, 3.8) is 0 Å². The van der Waals surface area contributed by atoms with Crippen LogP contribution in [0.1, 0.15) is 32.6 Å². The quantitative estimate of drug-likeness (QED) is 0.230. The van der Waals surface area contributed by atoms with E-state index in [0.29, 0.717) is 19.1 Å². The molecule has 3 N–H and O–H groups in total. The second-order valence-corrected chi connectivity index (χ2v) is 8.26. The molecular formula is C13H29IN4O2S2. The molecule has 0 spiro atoms. The molecule has 1 saturated carbocycles. The van der Waals surface area contributed by atoms with Crippen LogP contribution in [-0.2, 0) is 10.0 Å². The van der Waals surface area contributed by atoms with Gasteiger partial charge in [0.2, 0.25) is 10.0 Å². The molecule has 6 nitrogen and oxygen atoms in total. The summed E-state index contributed by atoms with van der Waals surface area (Å²) in [4.78, 5) is 4.42. The third kappa shape index (κ3) is 10.1. The molecule has 1 rings (SSSR count). The molecule has 1 aliphatic carbocycles. The average molecular weight is 464 g/mol. The summed E-state index contributed by atoms with van der Waals surface area (Å²) in [5, 5.41) is 7.41. The van der Waals surface area contributed by atoms with E-state index in [1.54, 1.807) is 0 Å². The van der Waals surface area contributed by atoms with E-state index in [4.69, 9.17) is 0 Å². The maximum absolute atomic E-state index is 11.0. The van der Waals surface area contributed by atoms with Crippen LogP contribution < -0.4 is 15.4 Å². The van der Waals surface area contributed by atoms with Gasteiger partial charge in [-0.2, -0.15) is 11.8 Å². The fourth-order valence-corrected chi connectivity index (χ4v) is 3.69. The maximum Gasteiger partial charge on any atom is 0.208 e. The van der Waals surface area contributed by atoms with Crippen LogP contribution in [0.3, 0.4) is 0 Å². The molecule has 1 aliphatic rings. The van der Waals surface area contributed by atoms with E-state index >= 15 is 0 Å². The zero-order valence-corrected chi connectivity index (χ0v) is 17.6. The molecule has 0 bridgehead atoms. The van der Waals surface area contributed by atoms with E-state index in [0.717, 1.165) is 30.4 Å². The Morgan fingerprint density at radius 3 is 2.68 bits per heavy atom. The van der Waals surface area contributed by atoms with Gasteiger partial charge in [-0.25, -0.2) is 13.1 Å². The molecule has 0 amide bonds. The van der Waals surface area contributed by atoms with Crippen molar-refractivity contribution in [3.05, 3.63) is 0 Å². The first kappa shape index (κ1) is 22.3. The normalized spacial score (nSPS) is 22.8. The lowest BCUT2D eigenvalue weighted by Gasteiger charge is -2.29. The molecule has 0 heterocycles. The van der Waals surface area contributed by atoms with Gasteiger partial charge in [-0.3, -0.25) is 4.99 Å². The number of hydrogen-bond donors (Lipinski definition) is 3. The highest BCUT2D eigenvalue weighted by Gasteiger charge is 2.21. The SMILES string of the molecule is CCNC(=NCCNS(C)(=O)=O)NC1CCCC(SC)C1.I. The van der Waals surface area contributed by atoms with Gasteiger partial charge in [0.15, 0.2) is 5.96 Å². The fraction of sp³-hybridized carbons (Fsp3) is 0.923. The smallest absolute Gasteiger partial charge is 0.208 e. The second-order valence-electron chi connectivity index (χ2n) is 5.29. The lowest BCUT2D eigenvalue weighted by atomic mass is 9.95. The van der Waals surface area contributed by atoms with Crippen molar-refractivity contribution in [1.29, 1.82) is 0 Å². The van der Waals surface area contributed by atoms with Gasteiger partial charge in [0.05, 0.1) is 12.8 Å². The van der Waals surface area contributed by atoms with Gasteiger partial charge in [0, 0.05) is 24.4 Å². The van der Waals surface area contributed by atoms with Crippen LogP contribution in [0.5, 0.6) is 0 Å². The first-order chi connectivity index (χ1) is 9.94. The molecule has 22 heavy (non-hydrogen) atoms. The number of guanidine groups is 1.